The number of hydrogen-bond acceptors (Lipinski definition) is 7. The van der Waals surface area contributed by atoms with Gasteiger partial charge in [-0.2, -0.15) is 0 Å². The molecule has 7 heteroatoms. The number of nitrogens with zero attached hydrogens (tertiary/aromatic N) is 2. The van der Waals surface area contributed by atoms with E-state index >= 15 is 0 Å². The molecule has 3 rings (SSSR count). The zero-order valence-electron chi connectivity index (χ0n) is 16.6. The van der Waals surface area contributed by atoms with E-state index in [9.17, 15) is 5.11 Å². The highest BCUT2D eigenvalue weighted by atomic mass is 16.5. The lowest BCUT2D eigenvalue weighted by Crippen LogP contribution is -2.43. The molecule has 0 radical (unpaired) electrons. The zero-order chi connectivity index (χ0) is 19.8. The third-order valence-electron chi connectivity index (χ3n) is 4.86. The van der Waals surface area contributed by atoms with Crippen molar-refractivity contribution in [3.05, 3.63) is 48.2 Å². The Kier molecular flexibility index (Phi) is 7.08. The first-order valence-corrected chi connectivity index (χ1v) is 9.51. The van der Waals surface area contributed by atoms with Crippen LogP contribution >= 0.6 is 0 Å². The summed E-state index contributed by atoms with van der Waals surface area (Å²) in [6, 6.07) is 11.7. The van der Waals surface area contributed by atoms with Crippen LogP contribution in [0.15, 0.2) is 42.6 Å². The molecule has 1 aromatic heterocycles. The summed E-state index contributed by atoms with van der Waals surface area (Å²) in [6.45, 7) is 3.51. The van der Waals surface area contributed by atoms with Crippen molar-refractivity contribution in [1.82, 2.24) is 10.3 Å². The summed E-state index contributed by atoms with van der Waals surface area (Å²) in [6.07, 6.45) is 2.49. The van der Waals surface area contributed by atoms with Gasteiger partial charge in [-0.05, 0) is 36.2 Å². The van der Waals surface area contributed by atoms with Crippen LogP contribution in [0.5, 0.6) is 11.5 Å². The summed E-state index contributed by atoms with van der Waals surface area (Å²) in [5, 5.41) is 14.3. The highest BCUT2D eigenvalue weighted by Gasteiger charge is 2.36. The maximum atomic E-state index is 10.9. The summed E-state index contributed by atoms with van der Waals surface area (Å²) in [5.41, 5.74) is 0.304. The van der Waals surface area contributed by atoms with Crippen LogP contribution in [0.25, 0.3) is 0 Å². The van der Waals surface area contributed by atoms with Crippen molar-refractivity contribution in [2.45, 2.75) is 18.6 Å². The summed E-state index contributed by atoms with van der Waals surface area (Å²) in [4.78, 5) is 6.49. The standard InChI is InChI=1S/C21H29N3O4/c1-26-11-12-28-19-13-17(6-7-18(19)27-2)14-22-15-21(25)8-10-24(16-21)20-5-3-4-9-23-20/h3-7,9,13,22,25H,8,10-12,14-16H2,1-2H3/t21-/m0/s1. The van der Waals surface area contributed by atoms with E-state index in [4.69, 9.17) is 14.2 Å². The van der Waals surface area contributed by atoms with Crippen molar-refractivity contribution in [1.29, 1.82) is 0 Å². The number of anilines is 1. The van der Waals surface area contributed by atoms with E-state index in [1.807, 2.05) is 36.4 Å². The number of benzene rings is 1. The van der Waals surface area contributed by atoms with Crippen molar-refractivity contribution in [2.24, 2.45) is 0 Å². The third-order valence-corrected chi connectivity index (χ3v) is 4.86. The Morgan fingerprint density at radius 3 is 2.82 bits per heavy atom. The van der Waals surface area contributed by atoms with Gasteiger partial charge in [0, 0.05) is 39.5 Å². The molecule has 0 saturated carbocycles. The van der Waals surface area contributed by atoms with E-state index in [-0.39, 0.29) is 0 Å². The average Bonchev–Trinajstić information content (AvgIpc) is 3.11. The zero-order valence-corrected chi connectivity index (χ0v) is 16.6. The van der Waals surface area contributed by atoms with Crippen molar-refractivity contribution in [3.63, 3.8) is 0 Å². The van der Waals surface area contributed by atoms with Crippen molar-refractivity contribution in [3.8, 4) is 11.5 Å². The number of methoxy groups -OCH3 is 2. The molecule has 1 atom stereocenters. The van der Waals surface area contributed by atoms with E-state index in [1.54, 1.807) is 20.4 Å². The molecule has 0 bridgehead atoms. The van der Waals surface area contributed by atoms with Crippen LogP contribution < -0.4 is 19.7 Å². The highest BCUT2D eigenvalue weighted by molar-refractivity contribution is 5.43. The lowest BCUT2D eigenvalue weighted by atomic mass is 10.0. The first kappa shape index (κ1) is 20.4. The number of pyridine rings is 1. The molecule has 0 spiro atoms. The first-order chi connectivity index (χ1) is 13.6. The molecule has 2 heterocycles. The second kappa shape index (κ2) is 9.73. The summed E-state index contributed by atoms with van der Waals surface area (Å²) < 4.78 is 16.1. The van der Waals surface area contributed by atoms with Crippen LogP contribution in [0.4, 0.5) is 5.82 Å². The molecule has 1 saturated heterocycles. The summed E-state index contributed by atoms with van der Waals surface area (Å²) in [7, 11) is 3.27. The lowest BCUT2D eigenvalue weighted by Gasteiger charge is -2.24. The van der Waals surface area contributed by atoms with E-state index in [2.05, 4.69) is 15.2 Å². The third kappa shape index (κ3) is 5.34. The Balaban J connectivity index is 1.52. The quantitative estimate of drug-likeness (QED) is 0.603. The van der Waals surface area contributed by atoms with Crippen LogP contribution in [-0.4, -0.2) is 62.8 Å². The number of hydrogen-bond donors (Lipinski definition) is 2. The van der Waals surface area contributed by atoms with Crippen LogP contribution in [-0.2, 0) is 11.3 Å². The molecule has 1 fully saturated rings. The predicted molar refractivity (Wildman–Crippen MR) is 108 cm³/mol. The Bertz CT molecular complexity index is 744. The van der Waals surface area contributed by atoms with E-state index in [1.165, 1.54) is 0 Å². The van der Waals surface area contributed by atoms with Gasteiger partial charge in [0.15, 0.2) is 11.5 Å². The van der Waals surface area contributed by atoms with Gasteiger partial charge in [-0.25, -0.2) is 4.98 Å². The maximum absolute atomic E-state index is 10.9. The van der Waals surface area contributed by atoms with Gasteiger partial charge >= 0.3 is 0 Å². The van der Waals surface area contributed by atoms with Crippen molar-refractivity contribution >= 4 is 5.82 Å². The maximum Gasteiger partial charge on any atom is 0.161 e. The Hall–Kier alpha value is -2.35. The van der Waals surface area contributed by atoms with Gasteiger partial charge in [0.05, 0.1) is 19.3 Å². The van der Waals surface area contributed by atoms with Gasteiger partial charge in [-0.15, -0.1) is 0 Å². The van der Waals surface area contributed by atoms with Crippen molar-refractivity contribution < 1.29 is 19.3 Å². The Morgan fingerprint density at radius 1 is 1.18 bits per heavy atom. The van der Waals surface area contributed by atoms with E-state index in [0.29, 0.717) is 50.8 Å². The molecule has 152 valence electrons. The van der Waals surface area contributed by atoms with Gasteiger partial charge in [0.2, 0.25) is 0 Å². The summed E-state index contributed by atoms with van der Waals surface area (Å²) >= 11 is 0. The predicted octanol–water partition coefficient (Wildman–Crippen LogP) is 1.85. The lowest BCUT2D eigenvalue weighted by molar-refractivity contribution is 0.0626. The van der Waals surface area contributed by atoms with Gasteiger partial charge < -0.3 is 29.5 Å². The number of β-amino-alcohol motifs (C(OH)–C–C–N with tert-alkyl or cyclic N) is 1. The van der Waals surface area contributed by atoms with Crippen LogP contribution in [0.1, 0.15) is 12.0 Å². The summed E-state index contributed by atoms with van der Waals surface area (Å²) in [5.74, 6) is 2.30. The molecule has 0 amide bonds. The molecule has 1 aliphatic heterocycles. The SMILES string of the molecule is COCCOc1cc(CNC[C@@]2(O)CCN(c3ccccn3)C2)ccc1OC. The van der Waals surface area contributed by atoms with Gasteiger partial charge in [0.1, 0.15) is 12.4 Å². The number of rotatable bonds is 10. The minimum atomic E-state index is -0.762. The van der Waals surface area contributed by atoms with Crippen LogP contribution in [0.3, 0.4) is 0 Å². The van der Waals surface area contributed by atoms with Gasteiger partial charge in [0.25, 0.3) is 0 Å². The fourth-order valence-electron chi connectivity index (χ4n) is 3.36. The van der Waals surface area contributed by atoms with Gasteiger partial charge in [-0.3, -0.25) is 0 Å². The Labute approximate surface area is 166 Å². The highest BCUT2D eigenvalue weighted by Crippen LogP contribution is 2.28. The van der Waals surface area contributed by atoms with Crippen LogP contribution in [0.2, 0.25) is 0 Å². The molecule has 2 aromatic rings. The minimum Gasteiger partial charge on any atom is -0.493 e. The fraction of sp³-hybridized carbons (Fsp3) is 0.476. The molecule has 1 aromatic carbocycles. The fourth-order valence-corrected chi connectivity index (χ4v) is 3.36. The molecular formula is C21H29N3O4. The monoisotopic (exact) mass is 387 g/mol. The van der Waals surface area contributed by atoms with Gasteiger partial charge in [-0.1, -0.05) is 12.1 Å². The second-order valence-electron chi connectivity index (χ2n) is 7.01. The van der Waals surface area contributed by atoms with Crippen LogP contribution in [0, 0.1) is 0 Å². The molecule has 28 heavy (non-hydrogen) atoms. The van der Waals surface area contributed by atoms with E-state index < -0.39 is 5.60 Å². The average molecular weight is 387 g/mol. The number of nitrogens with one attached hydrogen (secondary N) is 1. The largest absolute Gasteiger partial charge is 0.493 e. The van der Waals surface area contributed by atoms with E-state index in [0.717, 1.165) is 17.9 Å². The molecule has 0 unspecified atom stereocenters. The second-order valence-corrected chi connectivity index (χ2v) is 7.01. The normalized spacial score (nSPS) is 19.0. The molecule has 7 nitrogen and oxygen atoms in total. The molecule has 1 aliphatic rings. The molecule has 0 aliphatic carbocycles. The topological polar surface area (TPSA) is 76.1 Å². The minimum absolute atomic E-state index is 0.465. The Morgan fingerprint density at radius 2 is 2.07 bits per heavy atom. The first-order valence-electron chi connectivity index (χ1n) is 9.51. The number of aromatic nitrogens is 1. The molecule has 2 N–H and O–H groups in total. The number of aliphatic hydroxyl groups is 1. The van der Waals surface area contributed by atoms with Crippen molar-refractivity contribution in [2.75, 3.05) is 52.0 Å². The smallest absolute Gasteiger partial charge is 0.161 e. The number of ether oxygens (including phenoxy) is 3. The molecular weight excluding hydrogens is 358 g/mol.